The van der Waals surface area contributed by atoms with Crippen LogP contribution < -0.4 is 4.74 Å². The van der Waals surface area contributed by atoms with Gasteiger partial charge < -0.3 is 19.6 Å². The molecule has 7 nitrogen and oxygen atoms in total. The maximum absolute atomic E-state index is 13.5. The number of nitrogens with zero attached hydrogens (tertiary/aromatic N) is 3. The van der Waals surface area contributed by atoms with Gasteiger partial charge in [-0.25, -0.2) is 4.98 Å². The SMILES string of the molecule is C=CCOc1cccc(C2C(C(=O)c3sc(C)nc3C)=C(O)C(=O)N2CCN(C)C)c1. The molecule has 0 aliphatic carbocycles. The third-order valence-electron chi connectivity index (χ3n) is 4.99. The van der Waals surface area contributed by atoms with Crippen molar-refractivity contribution in [1.82, 2.24) is 14.8 Å². The third-order valence-corrected chi connectivity index (χ3v) is 6.06. The van der Waals surface area contributed by atoms with E-state index in [1.165, 1.54) is 11.3 Å². The van der Waals surface area contributed by atoms with Gasteiger partial charge in [0.25, 0.3) is 5.91 Å². The number of benzene rings is 1. The average molecular weight is 442 g/mol. The molecule has 0 saturated carbocycles. The minimum absolute atomic E-state index is 0.0800. The number of hydrogen-bond acceptors (Lipinski definition) is 7. The molecule has 0 spiro atoms. The number of carbonyl (C=O) groups is 2. The average Bonchev–Trinajstić information content (AvgIpc) is 3.20. The summed E-state index contributed by atoms with van der Waals surface area (Å²) >= 11 is 1.26. The van der Waals surface area contributed by atoms with E-state index >= 15 is 0 Å². The molecular weight excluding hydrogens is 414 g/mol. The molecule has 1 atom stereocenters. The van der Waals surface area contributed by atoms with Gasteiger partial charge in [0.15, 0.2) is 5.76 Å². The maximum atomic E-state index is 13.5. The molecule has 1 aliphatic rings. The predicted molar refractivity (Wildman–Crippen MR) is 121 cm³/mol. The van der Waals surface area contributed by atoms with Crippen molar-refractivity contribution < 1.29 is 19.4 Å². The molecule has 1 amide bonds. The summed E-state index contributed by atoms with van der Waals surface area (Å²) in [6.45, 7) is 8.52. The lowest BCUT2D eigenvalue weighted by atomic mass is 9.95. The molecule has 1 aliphatic heterocycles. The fourth-order valence-corrected chi connectivity index (χ4v) is 4.44. The molecule has 31 heavy (non-hydrogen) atoms. The van der Waals surface area contributed by atoms with E-state index in [-0.39, 0.29) is 11.4 Å². The highest BCUT2D eigenvalue weighted by molar-refractivity contribution is 7.14. The van der Waals surface area contributed by atoms with Gasteiger partial charge in [-0.15, -0.1) is 11.3 Å². The molecule has 1 aromatic carbocycles. The topological polar surface area (TPSA) is 83.0 Å². The Labute approximate surface area is 186 Å². The number of amides is 1. The summed E-state index contributed by atoms with van der Waals surface area (Å²) in [6.07, 6.45) is 1.64. The highest BCUT2D eigenvalue weighted by atomic mass is 32.1. The first-order chi connectivity index (χ1) is 14.7. The summed E-state index contributed by atoms with van der Waals surface area (Å²) < 4.78 is 5.64. The zero-order valence-corrected chi connectivity index (χ0v) is 19.0. The van der Waals surface area contributed by atoms with Crippen LogP contribution in [0.1, 0.15) is 32.0 Å². The molecule has 0 saturated heterocycles. The highest BCUT2D eigenvalue weighted by Gasteiger charge is 2.44. The van der Waals surface area contributed by atoms with Crippen molar-refractivity contribution in [3.05, 3.63) is 69.4 Å². The summed E-state index contributed by atoms with van der Waals surface area (Å²) in [6, 6.07) is 6.52. The normalized spacial score (nSPS) is 16.4. The van der Waals surface area contributed by atoms with Crippen LogP contribution in [0, 0.1) is 13.8 Å². The molecule has 0 bridgehead atoms. The van der Waals surface area contributed by atoms with Gasteiger partial charge in [-0.2, -0.15) is 0 Å². The van der Waals surface area contributed by atoms with Gasteiger partial charge in [0.2, 0.25) is 5.78 Å². The number of ether oxygens (including phenoxy) is 1. The van der Waals surface area contributed by atoms with Crippen LogP contribution in [-0.2, 0) is 4.79 Å². The Hall–Kier alpha value is -2.97. The zero-order chi connectivity index (χ0) is 22.7. The molecule has 3 rings (SSSR count). The number of Topliss-reactive ketones (excluding diaryl/α,β-unsaturated/α-hetero) is 1. The van der Waals surface area contributed by atoms with E-state index in [0.717, 1.165) is 5.01 Å². The monoisotopic (exact) mass is 441 g/mol. The van der Waals surface area contributed by atoms with Crippen LogP contribution in [0.15, 0.2) is 48.3 Å². The molecule has 1 unspecified atom stereocenters. The van der Waals surface area contributed by atoms with E-state index in [9.17, 15) is 14.7 Å². The van der Waals surface area contributed by atoms with Crippen molar-refractivity contribution in [1.29, 1.82) is 0 Å². The predicted octanol–water partition coefficient (Wildman–Crippen LogP) is 3.46. The van der Waals surface area contributed by atoms with Gasteiger partial charge >= 0.3 is 0 Å². The van der Waals surface area contributed by atoms with Gasteiger partial charge in [-0.3, -0.25) is 9.59 Å². The first-order valence-electron chi connectivity index (χ1n) is 9.95. The summed E-state index contributed by atoms with van der Waals surface area (Å²) in [4.78, 5) is 34.7. The van der Waals surface area contributed by atoms with Crippen molar-refractivity contribution in [3.8, 4) is 5.75 Å². The quantitative estimate of drug-likeness (QED) is 0.474. The molecule has 2 aromatic rings. The fraction of sp³-hybridized carbons (Fsp3) is 0.348. The Kier molecular flexibility index (Phi) is 6.92. The molecular formula is C23H27N3O4S. The van der Waals surface area contributed by atoms with E-state index in [4.69, 9.17) is 4.74 Å². The van der Waals surface area contributed by atoms with Crippen molar-refractivity contribution >= 4 is 23.0 Å². The number of ketones is 1. The molecule has 8 heteroatoms. The van der Waals surface area contributed by atoms with Crippen LogP contribution in [-0.4, -0.2) is 65.4 Å². The standard InChI is InChI=1S/C23H27N3O4S/c1-6-12-30-17-9-7-8-16(13-17)19-18(20(27)22-14(2)24-15(3)31-22)21(28)23(29)26(19)11-10-25(4)5/h6-9,13,19,28H,1,10-12H2,2-5H3. The van der Waals surface area contributed by atoms with Gasteiger partial charge in [0, 0.05) is 13.1 Å². The van der Waals surface area contributed by atoms with Crippen LogP contribution in [0.2, 0.25) is 0 Å². The first-order valence-corrected chi connectivity index (χ1v) is 10.8. The van der Waals surface area contributed by atoms with Crippen LogP contribution in [0.5, 0.6) is 5.75 Å². The lowest BCUT2D eigenvalue weighted by Crippen LogP contribution is -2.36. The maximum Gasteiger partial charge on any atom is 0.290 e. The fourth-order valence-electron chi connectivity index (χ4n) is 3.56. The number of aliphatic hydroxyl groups is 1. The van der Waals surface area contributed by atoms with Gasteiger partial charge in [-0.1, -0.05) is 24.8 Å². The minimum Gasteiger partial charge on any atom is -0.503 e. The number of carbonyl (C=O) groups excluding carboxylic acids is 2. The molecule has 164 valence electrons. The summed E-state index contributed by atoms with van der Waals surface area (Å²) in [7, 11) is 3.81. The highest BCUT2D eigenvalue weighted by Crippen LogP contribution is 2.40. The Morgan fingerprint density at radius 3 is 2.74 bits per heavy atom. The largest absolute Gasteiger partial charge is 0.503 e. The Morgan fingerprint density at radius 1 is 1.39 bits per heavy atom. The second-order valence-corrected chi connectivity index (χ2v) is 8.82. The minimum atomic E-state index is -0.714. The molecule has 2 heterocycles. The van der Waals surface area contributed by atoms with E-state index in [2.05, 4.69) is 11.6 Å². The number of aliphatic hydroxyl groups excluding tert-OH is 1. The number of thiazole rings is 1. The van der Waals surface area contributed by atoms with E-state index in [0.29, 0.717) is 41.6 Å². The second-order valence-electron chi connectivity index (χ2n) is 7.62. The van der Waals surface area contributed by atoms with Crippen LogP contribution in [0.3, 0.4) is 0 Å². The Balaban J connectivity index is 2.08. The van der Waals surface area contributed by atoms with E-state index in [1.807, 2.05) is 38.1 Å². The number of aromatic nitrogens is 1. The number of rotatable bonds is 9. The molecule has 1 aromatic heterocycles. The van der Waals surface area contributed by atoms with Crippen molar-refractivity contribution in [2.24, 2.45) is 0 Å². The number of likely N-dealkylation sites (N-methyl/N-ethyl adjacent to an activating group) is 1. The summed E-state index contributed by atoms with van der Waals surface area (Å²) in [5, 5.41) is 11.5. The molecule has 0 radical (unpaired) electrons. The van der Waals surface area contributed by atoms with Crippen molar-refractivity contribution in [2.75, 3.05) is 33.8 Å². The third kappa shape index (κ3) is 4.70. The van der Waals surface area contributed by atoms with Crippen LogP contribution in [0.4, 0.5) is 0 Å². The van der Waals surface area contributed by atoms with E-state index in [1.54, 1.807) is 30.0 Å². The van der Waals surface area contributed by atoms with Crippen molar-refractivity contribution in [3.63, 3.8) is 0 Å². The smallest absolute Gasteiger partial charge is 0.290 e. The lowest BCUT2D eigenvalue weighted by molar-refractivity contribution is -0.129. The van der Waals surface area contributed by atoms with Gasteiger partial charge in [0.05, 0.1) is 27.2 Å². The Morgan fingerprint density at radius 2 is 2.13 bits per heavy atom. The zero-order valence-electron chi connectivity index (χ0n) is 18.2. The van der Waals surface area contributed by atoms with Crippen molar-refractivity contribution in [2.45, 2.75) is 19.9 Å². The number of aryl methyl sites for hydroxylation is 2. The van der Waals surface area contributed by atoms with Crippen LogP contribution in [0.25, 0.3) is 0 Å². The number of hydrogen-bond donors (Lipinski definition) is 1. The molecule has 1 N–H and O–H groups in total. The van der Waals surface area contributed by atoms with E-state index < -0.39 is 17.7 Å². The van der Waals surface area contributed by atoms with Gasteiger partial charge in [0.1, 0.15) is 12.4 Å². The van der Waals surface area contributed by atoms with Gasteiger partial charge in [-0.05, 0) is 45.6 Å². The lowest BCUT2D eigenvalue weighted by Gasteiger charge is -2.28. The Bertz CT molecular complexity index is 1040. The van der Waals surface area contributed by atoms with Crippen LogP contribution >= 0.6 is 11.3 Å². The summed E-state index contributed by atoms with van der Waals surface area (Å²) in [5.41, 5.74) is 1.37. The molecule has 0 fully saturated rings. The summed E-state index contributed by atoms with van der Waals surface area (Å²) in [5.74, 6) is -0.827. The second kappa shape index (κ2) is 9.45. The first kappa shape index (κ1) is 22.7.